The summed E-state index contributed by atoms with van der Waals surface area (Å²) in [6, 6.07) is 4.76. The van der Waals surface area contributed by atoms with E-state index in [1.165, 1.54) is 13.8 Å². The van der Waals surface area contributed by atoms with Crippen LogP contribution in [-0.2, 0) is 45.1 Å². The molecule has 20 nitrogen and oxygen atoms in total. The minimum atomic E-state index is -1.57. The normalized spacial score (nSPS) is 24.4. The molecule has 8 rings (SSSR count). The van der Waals surface area contributed by atoms with Gasteiger partial charge in [0.25, 0.3) is 16.7 Å². The highest BCUT2D eigenvalue weighted by Crippen LogP contribution is 2.36. The van der Waals surface area contributed by atoms with Crippen molar-refractivity contribution in [2.24, 2.45) is 4.99 Å². The highest BCUT2D eigenvalue weighted by atomic mass is 16.7. The number of rotatable bonds is 13. The molecule has 5 aliphatic rings. The number of aromatic nitrogens is 5. The maximum Gasteiger partial charge on any atom is 0.263 e. The van der Waals surface area contributed by atoms with Crippen molar-refractivity contribution in [3.05, 3.63) is 66.5 Å². The summed E-state index contributed by atoms with van der Waals surface area (Å²) in [5.41, 5.74) is -0.600. The van der Waals surface area contributed by atoms with Crippen LogP contribution < -0.4 is 22.0 Å². The van der Waals surface area contributed by atoms with Crippen LogP contribution in [0.4, 0.5) is 0 Å². The van der Waals surface area contributed by atoms with Crippen LogP contribution in [-0.4, -0.2) is 169 Å². The molecule has 3 saturated heterocycles. The molecule has 1 aromatic carbocycles. The Balaban J connectivity index is 1.13. The van der Waals surface area contributed by atoms with Gasteiger partial charge in [-0.3, -0.25) is 38.3 Å². The van der Waals surface area contributed by atoms with Crippen molar-refractivity contribution in [3.8, 4) is 17.0 Å². The fraction of sp³-hybridized carbons (Fsp3) is 0.568. The molecule has 0 amide bonds. The lowest BCUT2D eigenvalue weighted by atomic mass is 9.90. The smallest absolute Gasteiger partial charge is 0.263 e. The number of hydrogen-bond donors (Lipinski definition) is 5. The number of aromatic hydroxyl groups is 1. The zero-order chi connectivity index (χ0) is 39.8. The van der Waals surface area contributed by atoms with Gasteiger partial charge in [-0.05, 0) is 18.2 Å². The third-order valence-electron chi connectivity index (χ3n) is 11.1. The molecule has 3 fully saturated rings. The summed E-state index contributed by atoms with van der Waals surface area (Å²) in [6.45, 7) is 5.81. The van der Waals surface area contributed by atoms with Crippen molar-refractivity contribution < 1.29 is 44.5 Å². The van der Waals surface area contributed by atoms with E-state index < -0.39 is 54.0 Å². The molecule has 5 atom stereocenters. The van der Waals surface area contributed by atoms with Crippen LogP contribution >= 0.6 is 0 Å². The number of pyridine rings is 2. The Hall–Kier alpha value is -4.48. The maximum absolute atomic E-state index is 14.4. The van der Waals surface area contributed by atoms with Crippen molar-refractivity contribution in [1.82, 2.24) is 33.9 Å². The Bertz CT molecular complexity index is 2390. The van der Waals surface area contributed by atoms with Crippen molar-refractivity contribution in [2.75, 3.05) is 78.9 Å². The Kier molecular flexibility index (Phi) is 11.6. The molecule has 2 aromatic heterocycles. The second kappa shape index (κ2) is 16.8. The number of benzene rings is 2. The topological polar surface area (TPSA) is 249 Å². The van der Waals surface area contributed by atoms with Crippen molar-refractivity contribution >= 4 is 21.5 Å². The summed E-state index contributed by atoms with van der Waals surface area (Å²) in [4.78, 5) is 51.6. The van der Waals surface area contributed by atoms with Crippen molar-refractivity contribution in [3.63, 3.8) is 0 Å². The average Bonchev–Trinajstić information content (AvgIpc) is 3.69. The molecular formula is C37H46N8O12. The predicted molar refractivity (Wildman–Crippen MR) is 200 cm³/mol. The van der Waals surface area contributed by atoms with Crippen molar-refractivity contribution in [1.29, 1.82) is 0 Å². The van der Waals surface area contributed by atoms with Crippen LogP contribution in [0.15, 0.2) is 43.8 Å². The quantitative estimate of drug-likeness (QED) is 0.0727. The minimum Gasteiger partial charge on any atom is -0.494 e. The summed E-state index contributed by atoms with van der Waals surface area (Å²) in [5, 5.41) is 60.9. The third-order valence-corrected chi connectivity index (χ3v) is 11.1. The highest BCUT2D eigenvalue weighted by Gasteiger charge is 2.44. The van der Waals surface area contributed by atoms with E-state index in [1.54, 1.807) is 24.4 Å². The van der Waals surface area contributed by atoms with Gasteiger partial charge in [-0.1, -0.05) is 5.21 Å². The van der Waals surface area contributed by atoms with Gasteiger partial charge in [0.15, 0.2) is 6.29 Å². The standard InChI is InChI=1S/C37H46N8O12/c46-20-26-30(47)31(48)32(49)37(57-26)56-16-11-43-19-21(39-40-43)18-38-25-17-24-27-22(33(50)44(35(24)52)5-3-41-7-12-54-13-8-41)1-2-23-28(27)29(25)36(53)45(34(23)51)6-4-42-9-14-55-15-10-42/h1-2,17,19,26,30-32,37,46-49,51H,3-16,18,20H2/t26-,30-,31+,32-,37-/m1/s1. The number of aliphatic hydroxyl groups excluding tert-OH is 4. The Labute approximate surface area is 323 Å². The summed E-state index contributed by atoms with van der Waals surface area (Å²) in [5.74, 6) is -0.265. The fourth-order valence-corrected chi connectivity index (χ4v) is 7.88. The predicted octanol–water partition coefficient (Wildman–Crippen LogP) is -3.46. The largest absolute Gasteiger partial charge is 0.494 e. The molecular weight excluding hydrogens is 748 g/mol. The van der Waals surface area contributed by atoms with Crippen LogP contribution in [0.1, 0.15) is 5.69 Å². The van der Waals surface area contributed by atoms with E-state index in [1.807, 2.05) is 0 Å². The summed E-state index contributed by atoms with van der Waals surface area (Å²) in [7, 11) is 0. The van der Waals surface area contributed by atoms with E-state index in [2.05, 4.69) is 20.1 Å². The van der Waals surface area contributed by atoms with E-state index >= 15 is 0 Å². The van der Waals surface area contributed by atoms with E-state index in [-0.39, 0.29) is 65.7 Å². The van der Waals surface area contributed by atoms with Crippen LogP contribution in [0.25, 0.3) is 32.7 Å². The number of aliphatic hydroxyl groups is 4. The van der Waals surface area contributed by atoms with Gasteiger partial charge in [0.2, 0.25) is 5.88 Å². The van der Waals surface area contributed by atoms with Gasteiger partial charge in [0.1, 0.15) is 30.1 Å². The molecule has 57 heavy (non-hydrogen) atoms. The van der Waals surface area contributed by atoms with Gasteiger partial charge < -0.3 is 44.5 Å². The molecule has 306 valence electrons. The summed E-state index contributed by atoms with van der Waals surface area (Å²) >= 11 is 0. The minimum absolute atomic E-state index is 0.0381. The van der Waals surface area contributed by atoms with Gasteiger partial charge in [0.05, 0.1) is 75.2 Å². The fourth-order valence-electron chi connectivity index (χ4n) is 7.88. The molecule has 0 bridgehead atoms. The van der Waals surface area contributed by atoms with Gasteiger partial charge in [-0.25, -0.2) is 4.68 Å². The second-order valence-corrected chi connectivity index (χ2v) is 14.5. The molecule has 0 saturated carbocycles. The molecule has 1 aliphatic carbocycles. The van der Waals surface area contributed by atoms with Gasteiger partial charge in [-0.15, -0.1) is 5.10 Å². The van der Waals surface area contributed by atoms with E-state index in [0.717, 1.165) is 0 Å². The van der Waals surface area contributed by atoms with Crippen LogP contribution in [0.2, 0.25) is 0 Å². The van der Waals surface area contributed by atoms with Gasteiger partial charge in [-0.2, -0.15) is 0 Å². The van der Waals surface area contributed by atoms with E-state index in [0.29, 0.717) is 82.3 Å². The third kappa shape index (κ3) is 7.65. The Morgan fingerprint density at radius 1 is 0.789 bits per heavy atom. The van der Waals surface area contributed by atoms with Gasteiger partial charge in [0, 0.05) is 74.1 Å². The van der Waals surface area contributed by atoms with Crippen LogP contribution in [0, 0.1) is 0 Å². The number of morpholine rings is 2. The number of nitrogens with zero attached hydrogens (tertiary/aromatic N) is 8. The van der Waals surface area contributed by atoms with E-state index in [4.69, 9.17) is 23.9 Å². The Morgan fingerprint density at radius 3 is 2.14 bits per heavy atom. The Morgan fingerprint density at radius 2 is 1.46 bits per heavy atom. The SMILES string of the molecule is O=c1c2c(=NCc3cn(CCO[C@@H]4O[C@H](CO)[C@@H](O)[C@H](O)[C@H]4O)nn3)cc3c(=O)n(CCN4CCOCC4)c(=O)c4ccc(c(O)n1CCN1CCOCC1)c2c4-3. The maximum atomic E-state index is 14.4. The summed E-state index contributed by atoms with van der Waals surface area (Å²) < 4.78 is 25.9. The molecule has 0 unspecified atom stereocenters. The molecule has 4 aliphatic heterocycles. The first-order valence-corrected chi connectivity index (χ1v) is 19.1. The molecule has 5 N–H and O–H groups in total. The van der Waals surface area contributed by atoms with Gasteiger partial charge >= 0.3 is 0 Å². The zero-order valence-electron chi connectivity index (χ0n) is 31.2. The average molecular weight is 795 g/mol. The number of ether oxygens (including phenoxy) is 4. The van der Waals surface area contributed by atoms with E-state index in [9.17, 15) is 39.9 Å². The van der Waals surface area contributed by atoms with Crippen LogP contribution in [0.5, 0.6) is 5.88 Å². The molecule has 20 heteroatoms. The number of hydrogen-bond acceptors (Lipinski definition) is 17. The molecule has 0 spiro atoms. The molecule has 6 heterocycles. The monoisotopic (exact) mass is 794 g/mol. The lowest BCUT2D eigenvalue weighted by Crippen LogP contribution is -2.59. The molecule has 0 radical (unpaired) electrons. The van der Waals surface area contributed by atoms with Crippen LogP contribution in [0.3, 0.4) is 0 Å². The lowest BCUT2D eigenvalue weighted by Gasteiger charge is -2.39. The lowest BCUT2D eigenvalue weighted by molar-refractivity contribution is -0.301. The summed E-state index contributed by atoms with van der Waals surface area (Å²) in [6.07, 6.45) is -5.42. The first-order chi connectivity index (χ1) is 27.6. The first kappa shape index (κ1) is 39.4. The molecule has 3 aromatic rings. The zero-order valence-corrected chi connectivity index (χ0v) is 31.2. The highest BCUT2D eigenvalue weighted by molar-refractivity contribution is 6.15. The first-order valence-electron chi connectivity index (χ1n) is 19.1. The van der Waals surface area contributed by atoms with Crippen molar-refractivity contribution in [2.45, 2.75) is 56.9 Å². The second-order valence-electron chi connectivity index (χ2n) is 14.5.